The van der Waals surface area contributed by atoms with Gasteiger partial charge >= 0.3 is 5.97 Å². The quantitative estimate of drug-likeness (QED) is 0.0447. The van der Waals surface area contributed by atoms with E-state index >= 15 is 0 Å². The number of thiol groups is 1. The Labute approximate surface area is 219 Å². The van der Waals surface area contributed by atoms with Crippen LogP contribution in [-0.2, 0) is 30.4 Å². The number of hydrogen-bond donors (Lipinski definition) is 9. The summed E-state index contributed by atoms with van der Waals surface area (Å²) in [4.78, 5) is 64.8. The van der Waals surface area contributed by atoms with Gasteiger partial charge in [-0.3, -0.25) is 24.2 Å². The van der Waals surface area contributed by atoms with E-state index in [1.807, 2.05) is 6.07 Å². The Balaban J connectivity index is 2.82. The van der Waals surface area contributed by atoms with Crippen LogP contribution in [0.25, 0.3) is 0 Å². The monoisotopic (exact) mass is 538 g/mol. The van der Waals surface area contributed by atoms with Crippen LogP contribution in [0.3, 0.4) is 0 Å². The number of carboxylic acid groups (broad SMARTS) is 1. The van der Waals surface area contributed by atoms with Crippen LogP contribution in [0.2, 0.25) is 0 Å². The van der Waals surface area contributed by atoms with Crippen molar-refractivity contribution < 1.29 is 29.1 Å². The molecule has 4 amide bonds. The molecule has 1 aromatic rings. The van der Waals surface area contributed by atoms with Crippen molar-refractivity contribution in [2.24, 2.45) is 27.9 Å². The first-order chi connectivity index (χ1) is 17.4. The number of benzene rings is 1. The van der Waals surface area contributed by atoms with Crippen LogP contribution >= 0.6 is 12.6 Å². The minimum Gasteiger partial charge on any atom is -0.480 e. The molecule has 0 fully saturated rings. The number of aliphatic carboxylic acids is 1. The predicted molar refractivity (Wildman–Crippen MR) is 139 cm³/mol. The van der Waals surface area contributed by atoms with Crippen molar-refractivity contribution in [2.45, 2.75) is 49.9 Å². The molecule has 0 aliphatic carbocycles. The third-order valence-electron chi connectivity index (χ3n) is 5.05. The molecule has 37 heavy (non-hydrogen) atoms. The Morgan fingerprint density at radius 2 is 1.46 bits per heavy atom. The molecule has 0 saturated heterocycles. The van der Waals surface area contributed by atoms with Gasteiger partial charge in [0.15, 0.2) is 5.96 Å². The summed E-state index contributed by atoms with van der Waals surface area (Å²) in [6.07, 6.45) is -0.179. The zero-order chi connectivity index (χ0) is 28.0. The number of carbonyl (C=O) groups is 5. The molecule has 0 aliphatic rings. The van der Waals surface area contributed by atoms with Gasteiger partial charge in [0.1, 0.15) is 18.1 Å². The second-order valence-corrected chi connectivity index (χ2v) is 8.48. The minimum atomic E-state index is -1.50. The fourth-order valence-corrected chi connectivity index (χ4v) is 3.41. The molecule has 0 aliphatic heterocycles. The van der Waals surface area contributed by atoms with E-state index in [2.05, 4.69) is 33.6 Å². The fourth-order valence-electron chi connectivity index (χ4n) is 3.15. The molecule has 1 aromatic carbocycles. The van der Waals surface area contributed by atoms with E-state index in [-0.39, 0.29) is 37.5 Å². The molecule has 12 N–H and O–H groups in total. The Hall–Kier alpha value is -3.85. The van der Waals surface area contributed by atoms with Gasteiger partial charge in [-0.05, 0) is 24.8 Å². The van der Waals surface area contributed by atoms with E-state index < -0.39 is 60.2 Å². The highest BCUT2D eigenvalue weighted by Gasteiger charge is 2.30. The average Bonchev–Trinajstić information content (AvgIpc) is 2.83. The van der Waals surface area contributed by atoms with Crippen LogP contribution in [0.5, 0.6) is 0 Å². The Morgan fingerprint density at radius 3 is 2.00 bits per heavy atom. The molecule has 0 aromatic heterocycles. The Bertz CT molecular complexity index is 973. The van der Waals surface area contributed by atoms with E-state index in [9.17, 15) is 29.1 Å². The molecular formula is C22H34N8O6S. The number of guanidine groups is 1. The molecule has 0 heterocycles. The van der Waals surface area contributed by atoms with Gasteiger partial charge in [0.25, 0.3) is 0 Å². The maximum Gasteiger partial charge on any atom is 0.326 e. The molecule has 1 rings (SSSR count). The van der Waals surface area contributed by atoms with Crippen LogP contribution < -0.4 is 38.9 Å². The van der Waals surface area contributed by atoms with E-state index in [1.165, 1.54) is 0 Å². The molecule has 4 atom stereocenters. The van der Waals surface area contributed by atoms with Gasteiger partial charge in [-0.25, -0.2) is 4.79 Å². The van der Waals surface area contributed by atoms with Gasteiger partial charge in [0, 0.05) is 12.3 Å². The van der Waals surface area contributed by atoms with E-state index in [0.29, 0.717) is 0 Å². The number of rotatable bonds is 16. The zero-order valence-corrected chi connectivity index (χ0v) is 21.0. The van der Waals surface area contributed by atoms with Crippen LogP contribution in [-0.4, -0.2) is 77.1 Å². The van der Waals surface area contributed by atoms with Crippen molar-refractivity contribution in [3.63, 3.8) is 0 Å². The van der Waals surface area contributed by atoms with Crippen molar-refractivity contribution >= 4 is 48.2 Å². The van der Waals surface area contributed by atoms with Gasteiger partial charge in [0.2, 0.25) is 23.6 Å². The number of nitrogens with one attached hydrogen (secondary N) is 3. The molecule has 4 unspecified atom stereocenters. The lowest BCUT2D eigenvalue weighted by Crippen LogP contribution is -2.58. The summed E-state index contributed by atoms with van der Waals surface area (Å²) in [5.41, 5.74) is 22.4. The molecule has 204 valence electrons. The Kier molecular flexibility index (Phi) is 13.5. The topological polar surface area (TPSA) is 258 Å². The Morgan fingerprint density at radius 1 is 0.892 bits per heavy atom. The number of nitrogens with two attached hydrogens (primary N) is 4. The first-order valence-corrected chi connectivity index (χ1v) is 12.0. The zero-order valence-electron chi connectivity index (χ0n) is 20.1. The summed E-state index contributed by atoms with van der Waals surface area (Å²) in [6.45, 7) is 0.138. The van der Waals surface area contributed by atoms with E-state index in [1.54, 1.807) is 24.3 Å². The molecule has 14 nitrogen and oxygen atoms in total. The highest BCUT2D eigenvalue weighted by molar-refractivity contribution is 7.80. The molecule has 0 radical (unpaired) electrons. The SMILES string of the molecule is NC(=O)CC(NC(=O)C(CS)NC(=O)C(N)Cc1ccccc1)C(=O)NC(CCCN=C(N)N)C(=O)O. The average molecular weight is 539 g/mol. The minimum absolute atomic E-state index is 0.0241. The lowest BCUT2D eigenvalue weighted by atomic mass is 10.1. The van der Waals surface area contributed by atoms with Gasteiger partial charge in [-0.15, -0.1) is 0 Å². The molecule has 0 spiro atoms. The van der Waals surface area contributed by atoms with Crippen molar-refractivity contribution in [1.29, 1.82) is 0 Å². The lowest BCUT2D eigenvalue weighted by molar-refractivity contribution is -0.142. The number of aliphatic imine (C=N–C) groups is 1. The molecular weight excluding hydrogens is 504 g/mol. The molecule has 0 saturated carbocycles. The van der Waals surface area contributed by atoms with Crippen molar-refractivity contribution in [3.05, 3.63) is 35.9 Å². The standard InChI is InChI=1S/C22H34N8O6S/c23-13(9-12-5-2-1-3-6-12)18(32)30-16(11-37)20(34)29-15(10-17(24)31)19(33)28-14(21(35)36)7-4-8-27-22(25)26/h1-3,5-6,13-16,37H,4,7-11,23H2,(H2,24,31)(H,28,33)(H,29,34)(H,30,32)(H,35,36)(H4,25,26,27). The first-order valence-electron chi connectivity index (χ1n) is 11.3. The van der Waals surface area contributed by atoms with Crippen LogP contribution in [0.4, 0.5) is 0 Å². The number of nitrogens with zero attached hydrogens (tertiary/aromatic N) is 1. The largest absolute Gasteiger partial charge is 0.480 e. The summed E-state index contributed by atoms with van der Waals surface area (Å²) in [6, 6.07) is 4.02. The second-order valence-electron chi connectivity index (χ2n) is 8.12. The van der Waals surface area contributed by atoms with Crippen LogP contribution in [0.15, 0.2) is 35.3 Å². The molecule has 0 bridgehead atoms. The number of hydrogen-bond acceptors (Lipinski definition) is 8. The predicted octanol–water partition coefficient (Wildman–Crippen LogP) is -3.05. The maximum absolute atomic E-state index is 12.8. The van der Waals surface area contributed by atoms with Gasteiger partial charge in [0.05, 0.1) is 12.5 Å². The number of carboxylic acids is 1. The van der Waals surface area contributed by atoms with Gasteiger partial charge in [-0.1, -0.05) is 30.3 Å². The van der Waals surface area contributed by atoms with E-state index in [0.717, 1.165) is 5.56 Å². The summed E-state index contributed by atoms with van der Waals surface area (Å²) in [5, 5.41) is 16.4. The summed E-state index contributed by atoms with van der Waals surface area (Å²) < 4.78 is 0. The number of carbonyl (C=O) groups excluding carboxylic acids is 4. The maximum atomic E-state index is 12.8. The third-order valence-corrected chi connectivity index (χ3v) is 5.41. The van der Waals surface area contributed by atoms with Crippen molar-refractivity contribution in [3.8, 4) is 0 Å². The summed E-state index contributed by atoms with van der Waals surface area (Å²) >= 11 is 4.07. The van der Waals surface area contributed by atoms with Crippen molar-refractivity contribution in [2.75, 3.05) is 12.3 Å². The normalized spacial score (nSPS) is 13.8. The summed E-state index contributed by atoms with van der Waals surface area (Å²) in [7, 11) is 0. The van der Waals surface area contributed by atoms with Crippen LogP contribution in [0, 0.1) is 0 Å². The van der Waals surface area contributed by atoms with Gasteiger partial charge in [-0.2, -0.15) is 12.6 Å². The lowest BCUT2D eigenvalue weighted by Gasteiger charge is -2.24. The third kappa shape index (κ3) is 12.1. The number of primary amides is 1. The van der Waals surface area contributed by atoms with Crippen molar-refractivity contribution in [1.82, 2.24) is 16.0 Å². The smallest absolute Gasteiger partial charge is 0.326 e. The highest BCUT2D eigenvalue weighted by Crippen LogP contribution is 2.04. The highest BCUT2D eigenvalue weighted by atomic mass is 32.1. The second kappa shape index (κ2) is 16.0. The summed E-state index contributed by atoms with van der Waals surface area (Å²) in [5.74, 6) is -4.98. The van der Waals surface area contributed by atoms with Crippen LogP contribution in [0.1, 0.15) is 24.8 Å². The first kappa shape index (κ1) is 31.2. The molecule has 15 heteroatoms. The van der Waals surface area contributed by atoms with Gasteiger partial charge < -0.3 is 44.0 Å². The van der Waals surface area contributed by atoms with E-state index in [4.69, 9.17) is 22.9 Å². The number of amides is 4. The fraction of sp³-hybridized carbons (Fsp3) is 0.455.